The molecule has 1 fully saturated rings. The first-order valence-electron chi connectivity index (χ1n) is 10.6. The van der Waals surface area contributed by atoms with Crippen molar-refractivity contribution in [3.63, 3.8) is 0 Å². The van der Waals surface area contributed by atoms with E-state index in [0.717, 1.165) is 11.1 Å². The summed E-state index contributed by atoms with van der Waals surface area (Å²) in [5.41, 5.74) is 4.29. The highest BCUT2D eigenvalue weighted by atomic mass is 16.1. The predicted octanol–water partition coefficient (Wildman–Crippen LogP) is 7.89. The van der Waals surface area contributed by atoms with Gasteiger partial charge in [-0.3, -0.25) is 4.79 Å². The molecule has 1 heteroatoms. The second-order valence-corrected chi connectivity index (χ2v) is 9.30. The zero-order valence-corrected chi connectivity index (χ0v) is 18.3. The molecule has 0 amide bonds. The minimum atomic E-state index is 0.0335. The lowest BCUT2D eigenvalue weighted by Gasteiger charge is -2.41. The van der Waals surface area contributed by atoms with E-state index in [0.29, 0.717) is 10.8 Å². The summed E-state index contributed by atoms with van der Waals surface area (Å²) in [6.45, 7) is 11.6. The van der Waals surface area contributed by atoms with E-state index < -0.39 is 0 Å². The van der Waals surface area contributed by atoms with E-state index in [1.165, 1.54) is 37.7 Å². The van der Waals surface area contributed by atoms with Crippen LogP contribution in [0.4, 0.5) is 0 Å². The lowest BCUT2D eigenvalue weighted by molar-refractivity contribution is 0.104. The molecule has 150 valence electrons. The van der Waals surface area contributed by atoms with Gasteiger partial charge in [-0.15, -0.1) is 0 Å². The van der Waals surface area contributed by atoms with Gasteiger partial charge >= 0.3 is 0 Å². The Morgan fingerprint density at radius 2 is 1.46 bits per heavy atom. The third kappa shape index (κ3) is 7.11. The standard InChI is InChI=1S/C16H14O.C11H22/c1-13-7-9-14(10-8-13)11-12-16(17)15-5-3-2-4-6-15;1-5-11(4)8-6-10(2,3)7-9-11/h2-12H,1H3;5-9H2,1-4H3. The molecule has 0 atom stereocenters. The maximum Gasteiger partial charge on any atom is 0.185 e. The molecule has 0 N–H and O–H groups in total. The van der Waals surface area contributed by atoms with Crippen LogP contribution in [0.3, 0.4) is 0 Å². The minimum absolute atomic E-state index is 0.0335. The van der Waals surface area contributed by atoms with Gasteiger partial charge in [0.15, 0.2) is 5.78 Å². The largest absolute Gasteiger partial charge is 0.289 e. The van der Waals surface area contributed by atoms with Crippen LogP contribution in [0.2, 0.25) is 0 Å². The summed E-state index contributed by atoms with van der Waals surface area (Å²) < 4.78 is 0. The smallest absolute Gasteiger partial charge is 0.185 e. The molecule has 0 spiro atoms. The van der Waals surface area contributed by atoms with Crippen molar-refractivity contribution >= 4 is 11.9 Å². The normalized spacial score (nSPS) is 17.6. The lowest BCUT2D eigenvalue weighted by Crippen LogP contribution is -2.28. The predicted molar refractivity (Wildman–Crippen MR) is 122 cm³/mol. The van der Waals surface area contributed by atoms with E-state index >= 15 is 0 Å². The fraction of sp³-hybridized carbons (Fsp3) is 0.444. The van der Waals surface area contributed by atoms with E-state index in [2.05, 4.69) is 27.7 Å². The maximum absolute atomic E-state index is 11.8. The molecule has 1 aliphatic carbocycles. The van der Waals surface area contributed by atoms with Gasteiger partial charge in [-0.2, -0.15) is 0 Å². The van der Waals surface area contributed by atoms with Crippen LogP contribution in [0.1, 0.15) is 81.3 Å². The fourth-order valence-corrected chi connectivity index (χ4v) is 3.43. The zero-order chi connectivity index (χ0) is 20.6. The zero-order valence-electron chi connectivity index (χ0n) is 18.3. The van der Waals surface area contributed by atoms with E-state index in [4.69, 9.17) is 0 Å². The molecular formula is C27H36O. The van der Waals surface area contributed by atoms with Gasteiger partial charge in [0.1, 0.15) is 0 Å². The molecule has 0 saturated heterocycles. The first-order chi connectivity index (χ1) is 13.2. The van der Waals surface area contributed by atoms with Crippen molar-refractivity contribution in [3.8, 4) is 0 Å². The average molecular weight is 377 g/mol. The number of hydrogen-bond donors (Lipinski definition) is 0. The van der Waals surface area contributed by atoms with Crippen LogP contribution in [0, 0.1) is 17.8 Å². The van der Waals surface area contributed by atoms with Gasteiger partial charge < -0.3 is 0 Å². The number of carbonyl (C=O) groups is 1. The molecule has 2 aromatic carbocycles. The van der Waals surface area contributed by atoms with Crippen molar-refractivity contribution in [2.45, 2.75) is 66.7 Å². The van der Waals surface area contributed by atoms with Crippen molar-refractivity contribution in [2.24, 2.45) is 10.8 Å². The van der Waals surface area contributed by atoms with E-state index in [1.807, 2.05) is 67.6 Å². The van der Waals surface area contributed by atoms with Crippen LogP contribution in [-0.2, 0) is 0 Å². The number of ketones is 1. The second-order valence-electron chi connectivity index (χ2n) is 9.30. The number of hydrogen-bond acceptors (Lipinski definition) is 1. The van der Waals surface area contributed by atoms with Gasteiger partial charge in [0.05, 0.1) is 0 Å². The maximum atomic E-state index is 11.8. The van der Waals surface area contributed by atoms with E-state index in [-0.39, 0.29) is 5.78 Å². The summed E-state index contributed by atoms with van der Waals surface area (Å²) in [7, 11) is 0. The van der Waals surface area contributed by atoms with Crippen LogP contribution in [0.25, 0.3) is 6.08 Å². The SMILES string of the molecule is CCC1(C)CCC(C)(C)CC1.Cc1ccc(C=CC(=O)c2ccccc2)cc1. The van der Waals surface area contributed by atoms with Crippen LogP contribution >= 0.6 is 0 Å². The Labute approximate surface area is 171 Å². The van der Waals surface area contributed by atoms with E-state index in [9.17, 15) is 4.79 Å². The van der Waals surface area contributed by atoms with Crippen molar-refractivity contribution in [1.82, 2.24) is 0 Å². The Balaban J connectivity index is 0.000000221. The molecule has 1 saturated carbocycles. The topological polar surface area (TPSA) is 17.1 Å². The molecule has 3 rings (SSSR count). The first-order valence-corrected chi connectivity index (χ1v) is 10.6. The summed E-state index contributed by atoms with van der Waals surface area (Å²) in [6.07, 6.45) is 10.6. The third-order valence-corrected chi connectivity index (χ3v) is 6.23. The van der Waals surface area contributed by atoms with Gasteiger partial charge in [0.25, 0.3) is 0 Å². The Morgan fingerprint density at radius 3 is 2.00 bits per heavy atom. The first kappa shape index (κ1) is 22.1. The number of carbonyl (C=O) groups excluding carboxylic acids is 1. The summed E-state index contributed by atoms with van der Waals surface area (Å²) in [4.78, 5) is 11.8. The number of allylic oxidation sites excluding steroid dienone is 1. The highest BCUT2D eigenvalue weighted by Gasteiger charge is 2.33. The monoisotopic (exact) mass is 376 g/mol. The van der Waals surface area contributed by atoms with Crippen LogP contribution in [0.5, 0.6) is 0 Å². The molecule has 0 unspecified atom stereocenters. The van der Waals surface area contributed by atoms with Gasteiger partial charge in [-0.05, 0) is 55.1 Å². The lowest BCUT2D eigenvalue weighted by atomic mass is 9.65. The second kappa shape index (κ2) is 9.87. The summed E-state index contributed by atoms with van der Waals surface area (Å²) in [5, 5.41) is 0. The van der Waals surface area contributed by atoms with Gasteiger partial charge in [0.2, 0.25) is 0 Å². The third-order valence-electron chi connectivity index (χ3n) is 6.23. The Morgan fingerprint density at radius 1 is 0.893 bits per heavy atom. The summed E-state index contributed by atoms with van der Waals surface area (Å²) in [5.74, 6) is 0.0335. The summed E-state index contributed by atoms with van der Waals surface area (Å²) >= 11 is 0. The highest BCUT2D eigenvalue weighted by molar-refractivity contribution is 6.06. The van der Waals surface area contributed by atoms with Crippen molar-refractivity contribution in [1.29, 1.82) is 0 Å². The van der Waals surface area contributed by atoms with Gasteiger partial charge in [-0.25, -0.2) is 0 Å². The quantitative estimate of drug-likeness (QED) is 0.391. The van der Waals surface area contributed by atoms with Crippen LogP contribution < -0.4 is 0 Å². The molecule has 1 nitrogen and oxygen atoms in total. The molecule has 0 aliphatic heterocycles. The number of aryl methyl sites for hydroxylation is 1. The molecule has 0 radical (unpaired) electrons. The highest BCUT2D eigenvalue weighted by Crippen LogP contribution is 2.46. The molecule has 0 bridgehead atoms. The fourth-order valence-electron chi connectivity index (χ4n) is 3.43. The molecule has 0 heterocycles. The van der Waals surface area contributed by atoms with Crippen molar-refractivity contribution in [2.75, 3.05) is 0 Å². The van der Waals surface area contributed by atoms with Crippen LogP contribution in [0.15, 0.2) is 60.7 Å². The molecule has 0 aromatic heterocycles. The Bertz CT molecular complexity index is 756. The average Bonchev–Trinajstić information content (AvgIpc) is 2.71. The minimum Gasteiger partial charge on any atom is -0.289 e. The Kier molecular flexibility index (Phi) is 7.80. The molecular weight excluding hydrogens is 340 g/mol. The van der Waals surface area contributed by atoms with Gasteiger partial charge in [-0.1, -0.05) is 100 Å². The van der Waals surface area contributed by atoms with Crippen molar-refractivity contribution < 1.29 is 4.79 Å². The molecule has 2 aromatic rings. The molecule has 1 aliphatic rings. The van der Waals surface area contributed by atoms with Gasteiger partial charge in [0, 0.05) is 5.56 Å². The summed E-state index contributed by atoms with van der Waals surface area (Å²) in [6, 6.07) is 17.4. The molecule has 28 heavy (non-hydrogen) atoms. The van der Waals surface area contributed by atoms with Crippen molar-refractivity contribution in [3.05, 3.63) is 77.4 Å². The Hall–Kier alpha value is -2.15. The number of rotatable bonds is 4. The van der Waals surface area contributed by atoms with E-state index in [1.54, 1.807) is 6.08 Å². The number of benzene rings is 2. The van der Waals surface area contributed by atoms with Crippen LogP contribution in [-0.4, -0.2) is 5.78 Å².